The van der Waals surface area contributed by atoms with Crippen LogP contribution in [0.15, 0.2) is 0 Å². The van der Waals surface area contributed by atoms with E-state index in [9.17, 15) is 0 Å². The highest BCUT2D eigenvalue weighted by Crippen LogP contribution is 1.84. The van der Waals surface area contributed by atoms with Crippen LogP contribution in [0, 0.1) is 0 Å². The first kappa shape index (κ1) is 8.14. The van der Waals surface area contributed by atoms with Crippen LogP contribution in [0.3, 0.4) is 0 Å². The Hall–Kier alpha value is 0.137. The fraction of sp³-hybridized carbons (Fsp3) is 1.00. The summed E-state index contributed by atoms with van der Waals surface area (Å²) in [6, 6.07) is 1.34. The van der Waals surface area contributed by atoms with Crippen LogP contribution >= 0.6 is 0 Å². The molecule has 0 aromatic heterocycles. The topological polar surface area (TPSA) is 35.2 Å². The molecule has 0 fully saturated rings. The van der Waals surface area contributed by atoms with Crippen molar-refractivity contribution in [2.24, 2.45) is 5.73 Å². The van der Waals surface area contributed by atoms with E-state index in [2.05, 4.69) is 0 Å². The van der Waals surface area contributed by atoms with Crippen LogP contribution in [-0.4, -0.2) is 30.0 Å². The molecule has 0 radical (unpaired) electrons. The van der Waals surface area contributed by atoms with Crippen LogP contribution in [-0.2, 0) is 4.74 Å². The lowest BCUT2D eigenvalue weighted by Crippen LogP contribution is -2.08. The summed E-state index contributed by atoms with van der Waals surface area (Å²) in [5.41, 5.74) is 5.19. The van der Waals surface area contributed by atoms with E-state index in [0.717, 1.165) is 13.2 Å². The molecule has 0 saturated carbocycles. The first-order valence-corrected chi connectivity index (χ1v) is 4.61. The minimum absolute atomic E-state index is 0.654. The number of hydrogen-bond donors (Lipinski definition) is 1. The molecule has 0 aromatic rings. The van der Waals surface area contributed by atoms with Gasteiger partial charge in [0.1, 0.15) is 0 Å². The van der Waals surface area contributed by atoms with Gasteiger partial charge in [0.2, 0.25) is 0 Å². The van der Waals surface area contributed by atoms with Gasteiger partial charge in [0.05, 0.1) is 6.61 Å². The molecule has 50 valence electrons. The SMILES string of the molecule is NCCOCCC[SiH3]. The minimum atomic E-state index is 0.654. The minimum Gasteiger partial charge on any atom is -0.380 e. The van der Waals surface area contributed by atoms with E-state index in [-0.39, 0.29) is 0 Å². The van der Waals surface area contributed by atoms with Crippen molar-refractivity contribution in [1.29, 1.82) is 0 Å². The quantitative estimate of drug-likeness (QED) is 0.391. The zero-order chi connectivity index (χ0) is 6.24. The average Bonchev–Trinajstić information content (AvgIpc) is 1.81. The summed E-state index contributed by atoms with van der Waals surface area (Å²) in [5.74, 6) is 0. The van der Waals surface area contributed by atoms with Gasteiger partial charge in [-0.2, -0.15) is 0 Å². The fourth-order valence-electron chi connectivity index (χ4n) is 0.432. The summed E-state index contributed by atoms with van der Waals surface area (Å²) < 4.78 is 5.12. The predicted octanol–water partition coefficient (Wildman–Crippen LogP) is -0.865. The summed E-state index contributed by atoms with van der Waals surface area (Å²) in [7, 11) is 1.30. The van der Waals surface area contributed by atoms with Crippen molar-refractivity contribution in [3.05, 3.63) is 0 Å². The van der Waals surface area contributed by atoms with Crippen LogP contribution in [0.2, 0.25) is 6.04 Å². The molecule has 0 bridgehead atoms. The number of ether oxygens (including phenoxy) is 1. The molecule has 2 nitrogen and oxygen atoms in total. The van der Waals surface area contributed by atoms with Crippen molar-refractivity contribution >= 4 is 10.2 Å². The molecule has 0 aliphatic carbocycles. The third-order valence-electron chi connectivity index (χ3n) is 0.904. The third-order valence-corrected chi connectivity index (χ3v) is 1.61. The Morgan fingerprint density at radius 2 is 2.12 bits per heavy atom. The second kappa shape index (κ2) is 7.14. The average molecular weight is 133 g/mol. The van der Waals surface area contributed by atoms with E-state index >= 15 is 0 Å². The Bertz CT molecular complexity index is 37.4. The Kier molecular flexibility index (Phi) is 7.26. The first-order valence-electron chi connectivity index (χ1n) is 3.19. The molecule has 0 unspecified atom stereocenters. The summed E-state index contributed by atoms with van der Waals surface area (Å²) in [4.78, 5) is 0. The van der Waals surface area contributed by atoms with Crippen LogP contribution in [0.25, 0.3) is 0 Å². The summed E-state index contributed by atoms with van der Waals surface area (Å²) in [6.07, 6.45) is 1.21. The van der Waals surface area contributed by atoms with Crippen LogP contribution in [0.1, 0.15) is 6.42 Å². The standard InChI is InChI=1S/C5H15NOSi/c6-2-4-7-3-1-5-8/h1-6H2,8H3. The van der Waals surface area contributed by atoms with Gasteiger partial charge in [0, 0.05) is 23.4 Å². The number of rotatable bonds is 5. The maximum Gasteiger partial charge on any atom is 0.0588 e. The number of hydrogen-bond acceptors (Lipinski definition) is 2. The lowest BCUT2D eigenvalue weighted by Gasteiger charge is -1.97. The molecule has 0 atom stereocenters. The molecule has 8 heavy (non-hydrogen) atoms. The highest BCUT2D eigenvalue weighted by molar-refractivity contribution is 6.08. The zero-order valence-electron chi connectivity index (χ0n) is 5.52. The van der Waals surface area contributed by atoms with Crippen molar-refractivity contribution < 1.29 is 4.74 Å². The van der Waals surface area contributed by atoms with E-state index in [1.54, 1.807) is 0 Å². The van der Waals surface area contributed by atoms with Gasteiger partial charge in [-0.3, -0.25) is 0 Å². The molecular formula is C5H15NOSi. The van der Waals surface area contributed by atoms with Crippen LogP contribution in [0.5, 0.6) is 0 Å². The predicted molar refractivity (Wildman–Crippen MR) is 39.2 cm³/mol. The first-order chi connectivity index (χ1) is 3.91. The molecule has 0 saturated heterocycles. The Balaban J connectivity index is 2.53. The fourth-order valence-corrected chi connectivity index (χ4v) is 0.720. The monoisotopic (exact) mass is 133 g/mol. The maximum atomic E-state index is 5.19. The van der Waals surface area contributed by atoms with E-state index < -0.39 is 0 Å². The van der Waals surface area contributed by atoms with E-state index in [1.807, 2.05) is 0 Å². The summed E-state index contributed by atoms with van der Waals surface area (Å²) in [6.45, 7) is 2.28. The van der Waals surface area contributed by atoms with Crippen LogP contribution in [0.4, 0.5) is 0 Å². The third kappa shape index (κ3) is 6.14. The van der Waals surface area contributed by atoms with E-state index in [1.165, 1.54) is 22.7 Å². The summed E-state index contributed by atoms with van der Waals surface area (Å²) >= 11 is 0. The highest BCUT2D eigenvalue weighted by atomic mass is 28.1. The van der Waals surface area contributed by atoms with Gasteiger partial charge in [0.25, 0.3) is 0 Å². The highest BCUT2D eigenvalue weighted by Gasteiger charge is 1.81. The van der Waals surface area contributed by atoms with E-state index in [0.29, 0.717) is 6.54 Å². The smallest absolute Gasteiger partial charge is 0.0588 e. The zero-order valence-corrected chi connectivity index (χ0v) is 7.52. The second-order valence-electron chi connectivity index (χ2n) is 1.75. The Morgan fingerprint density at radius 3 is 2.62 bits per heavy atom. The van der Waals surface area contributed by atoms with Gasteiger partial charge < -0.3 is 10.5 Å². The van der Waals surface area contributed by atoms with E-state index in [4.69, 9.17) is 10.5 Å². The van der Waals surface area contributed by atoms with Gasteiger partial charge in [0.15, 0.2) is 0 Å². The van der Waals surface area contributed by atoms with Crippen molar-refractivity contribution in [3.63, 3.8) is 0 Å². The molecule has 0 amide bonds. The summed E-state index contributed by atoms with van der Waals surface area (Å²) in [5, 5.41) is 0. The van der Waals surface area contributed by atoms with Crippen molar-refractivity contribution in [1.82, 2.24) is 0 Å². The molecule has 0 aliphatic rings. The molecule has 0 heterocycles. The molecule has 0 aromatic carbocycles. The molecule has 2 N–H and O–H groups in total. The molecule has 3 heteroatoms. The van der Waals surface area contributed by atoms with Gasteiger partial charge in [-0.1, -0.05) is 6.04 Å². The maximum absolute atomic E-state index is 5.19. The lowest BCUT2D eigenvalue weighted by molar-refractivity contribution is 0.142. The molecule has 0 rings (SSSR count). The van der Waals surface area contributed by atoms with Crippen molar-refractivity contribution in [2.75, 3.05) is 19.8 Å². The van der Waals surface area contributed by atoms with Gasteiger partial charge in [-0.15, -0.1) is 0 Å². The number of nitrogens with two attached hydrogens (primary N) is 1. The Labute approximate surface area is 53.8 Å². The molecule has 0 aliphatic heterocycles. The second-order valence-corrected chi connectivity index (χ2v) is 2.75. The van der Waals surface area contributed by atoms with Gasteiger partial charge >= 0.3 is 0 Å². The van der Waals surface area contributed by atoms with Gasteiger partial charge in [-0.25, -0.2) is 0 Å². The van der Waals surface area contributed by atoms with Crippen molar-refractivity contribution in [3.8, 4) is 0 Å². The Morgan fingerprint density at radius 1 is 1.38 bits per heavy atom. The largest absolute Gasteiger partial charge is 0.380 e. The normalized spacial score (nSPS) is 10.1. The van der Waals surface area contributed by atoms with Gasteiger partial charge in [-0.05, 0) is 6.42 Å². The molecule has 0 spiro atoms. The van der Waals surface area contributed by atoms with Crippen LogP contribution < -0.4 is 5.73 Å². The van der Waals surface area contributed by atoms with Crippen molar-refractivity contribution in [2.45, 2.75) is 12.5 Å². The lowest BCUT2D eigenvalue weighted by atomic mass is 10.5. The molecular weight excluding hydrogens is 118 g/mol.